The Morgan fingerprint density at radius 1 is 1.05 bits per heavy atom. The van der Waals surface area contributed by atoms with E-state index in [0.29, 0.717) is 6.42 Å². The number of rotatable bonds is 4. The molecule has 0 saturated carbocycles. The van der Waals surface area contributed by atoms with Gasteiger partial charge in [0.2, 0.25) is 0 Å². The monoisotopic (exact) mass is 343 g/mol. The van der Waals surface area contributed by atoms with Gasteiger partial charge in [0.1, 0.15) is 0 Å². The Labute approximate surface area is 130 Å². The van der Waals surface area contributed by atoms with E-state index in [2.05, 4.69) is 36.3 Å². The second-order valence-electron chi connectivity index (χ2n) is 4.70. The van der Waals surface area contributed by atoms with Crippen molar-refractivity contribution in [2.75, 3.05) is 0 Å². The molecule has 106 valence electrons. The quantitative estimate of drug-likeness (QED) is 0.562. The fourth-order valence-corrected chi connectivity index (χ4v) is 2.44. The van der Waals surface area contributed by atoms with Crippen molar-refractivity contribution < 1.29 is 0 Å². The molecule has 0 amide bonds. The third-order valence-electron chi connectivity index (χ3n) is 3.30. The molecule has 2 heterocycles. The topological polar surface area (TPSA) is 76.7 Å². The predicted molar refractivity (Wildman–Crippen MR) is 85.2 cm³/mol. The molecule has 0 fully saturated rings. The van der Waals surface area contributed by atoms with E-state index in [9.17, 15) is 0 Å². The van der Waals surface area contributed by atoms with Crippen LogP contribution in [0.2, 0.25) is 0 Å². The molecule has 0 spiro atoms. The zero-order chi connectivity index (χ0) is 14.7. The highest BCUT2D eigenvalue weighted by Gasteiger charge is 2.12. The van der Waals surface area contributed by atoms with E-state index in [1.807, 2.05) is 30.3 Å². The Morgan fingerprint density at radius 2 is 1.86 bits per heavy atom. The fourth-order valence-electron chi connectivity index (χ4n) is 2.21. The molecular formula is C15H14BrN5. The maximum atomic E-state index is 5.70. The third-order valence-corrected chi connectivity index (χ3v) is 3.77. The molecule has 0 aliphatic carbocycles. The van der Waals surface area contributed by atoms with Gasteiger partial charge in [-0.1, -0.05) is 6.07 Å². The van der Waals surface area contributed by atoms with Crippen LogP contribution in [0.3, 0.4) is 0 Å². The number of pyridine rings is 1. The molecule has 3 N–H and O–H groups in total. The van der Waals surface area contributed by atoms with E-state index < -0.39 is 0 Å². The highest BCUT2D eigenvalue weighted by Crippen LogP contribution is 2.20. The summed E-state index contributed by atoms with van der Waals surface area (Å²) in [5.41, 5.74) is 6.62. The van der Waals surface area contributed by atoms with Crippen molar-refractivity contribution in [1.82, 2.24) is 20.4 Å². The molecule has 3 aromatic rings. The molecule has 5 nitrogen and oxygen atoms in total. The first-order valence-corrected chi connectivity index (χ1v) is 7.33. The molecule has 2 aromatic heterocycles. The van der Waals surface area contributed by atoms with Gasteiger partial charge in [0.25, 0.3) is 0 Å². The van der Waals surface area contributed by atoms with Gasteiger partial charge in [-0.05, 0) is 45.8 Å². The van der Waals surface area contributed by atoms with Crippen LogP contribution in [0, 0.1) is 0 Å². The summed E-state index contributed by atoms with van der Waals surface area (Å²) in [7, 11) is 0. The number of fused-ring (bicyclic) bond motifs is 1. The predicted octanol–water partition coefficient (Wildman–Crippen LogP) is 2.53. The Kier molecular flexibility index (Phi) is 4.19. The zero-order valence-corrected chi connectivity index (χ0v) is 12.8. The van der Waals surface area contributed by atoms with Crippen LogP contribution in [-0.2, 0) is 6.42 Å². The summed E-state index contributed by atoms with van der Waals surface area (Å²) >= 11 is 3.38. The lowest BCUT2D eigenvalue weighted by Gasteiger charge is -2.16. The summed E-state index contributed by atoms with van der Waals surface area (Å²) in [5.74, 6) is 5.70. The van der Waals surface area contributed by atoms with Crippen LogP contribution in [0.15, 0.2) is 53.4 Å². The molecular weight excluding hydrogens is 330 g/mol. The average Bonchev–Trinajstić information content (AvgIpc) is 2.54. The van der Waals surface area contributed by atoms with Gasteiger partial charge >= 0.3 is 0 Å². The van der Waals surface area contributed by atoms with Crippen molar-refractivity contribution in [3.63, 3.8) is 0 Å². The van der Waals surface area contributed by atoms with Gasteiger partial charge < -0.3 is 0 Å². The molecule has 0 aliphatic heterocycles. The number of nitrogens with zero attached hydrogens (tertiary/aromatic N) is 3. The van der Waals surface area contributed by atoms with Gasteiger partial charge in [-0.15, -0.1) is 0 Å². The second kappa shape index (κ2) is 6.26. The van der Waals surface area contributed by atoms with Gasteiger partial charge in [-0.3, -0.25) is 26.2 Å². The standard InChI is InChI=1S/C15H14BrN5/c16-11-2-3-12(20-9-11)8-14(21-17)10-1-4-13-15(7-10)19-6-5-18-13/h1-7,9,14,21H,8,17H2. The number of aromatic nitrogens is 3. The smallest absolute Gasteiger partial charge is 0.0890 e. The fraction of sp³-hybridized carbons (Fsp3) is 0.133. The van der Waals surface area contributed by atoms with Crippen molar-refractivity contribution in [3.8, 4) is 0 Å². The lowest BCUT2D eigenvalue weighted by Crippen LogP contribution is -2.29. The van der Waals surface area contributed by atoms with Crippen molar-refractivity contribution in [2.45, 2.75) is 12.5 Å². The van der Waals surface area contributed by atoms with Crippen LogP contribution < -0.4 is 11.3 Å². The first-order valence-electron chi connectivity index (χ1n) is 6.53. The minimum absolute atomic E-state index is 0.0231. The molecule has 6 heteroatoms. The molecule has 21 heavy (non-hydrogen) atoms. The van der Waals surface area contributed by atoms with Crippen LogP contribution in [0.4, 0.5) is 0 Å². The molecule has 0 bridgehead atoms. The van der Waals surface area contributed by atoms with Crippen LogP contribution in [-0.4, -0.2) is 15.0 Å². The lowest BCUT2D eigenvalue weighted by atomic mass is 10.0. The van der Waals surface area contributed by atoms with Crippen molar-refractivity contribution in [3.05, 3.63) is 64.7 Å². The molecule has 1 aromatic carbocycles. The number of nitrogens with two attached hydrogens (primary N) is 1. The van der Waals surface area contributed by atoms with E-state index in [0.717, 1.165) is 26.8 Å². The lowest BCUT2D eigenvalue weighted by molar-refractivity contribution is 0.546. The Morgan fingerprint density at radius 3 is 2.57 bits per heavy atom. The third kappa shape index (κ3) is 3.24. The normalized spacial score (nSPS) is 12.5. The van der Waals surface area contributed by atoms with Gasteiger partial charge in [0, 0.05) is 35.2 Å². The number of benzene rings is 1. The summed E-state index contributed by atoms with van der Waals surface area (Å²) in [6, 6.07) is 9.91. The summed E-state index contributed by atoms with van der Waals surface area (Å²) < 4.78 is 0.962. The SMILES string of the molecule is NNC(Cc1ccc(Br)cn1)c1ccc2nccnc2c1. The maximum Gasteiger partial charge on any atom is 0.0890 e. The molecule has 1 unspecified atom stereocenters. The molecule has 0 aliphatic rings. The largest absolute Gasteiger partial charge is 0.271 e. The van der Waals surface area contributed by atoms with E-state index in [4.69, 9.17) is 5.84 Å². The molecule has 0 radical (unpaired) electrons. The van der Waals surface area contributed by atoms with Crippen molar-refractivity contribution in [2.24, 2.45) is 5.84 Å². The van der Waals surface area contributed by atoms with Crippen molar-refractivity contribution in [1.29, 1.82) is 0 Å². The van der Waals surface area contributed by atoms with E-state index in [-0.39, 0.29) is 6.04 Å². The Hall–Kier alpha value is -1.89. The zero-order valence-electron chi connectivity index (χ0n) is 11.2. The number of hydrazine groups is 1. The summed E-state index contributed by atoms with van der Waals surface area (Å²) in [6.45, 7) is 0. The van der Waals surface area contributed by atoms with Crippen LogP contribution in [0.5, 0.6) is 0 Å². The highest BCUT2D eigenvalue weighted by molar-refractivity contribution is 9.10. The minimum atomic E-state index is -0.0231. The van der Waals surface area contributed by atoms with Crippen molar-refractivity contribution >= 4 is 27.0 Å². The second-order valence-corrected chi connectivity index (χ2v) is 5.61. The Bertz CT molecular complexity index is 744. The molecule has 3 rings (SSSR count). The van der Waals surface area contributed by atoms with Gasteiger partial charge in [-0.25, -0.2) is 0 Å². The molecule has 0 saturated heterocycles. The number of nitrogens with one attached hydrogen (secondary N) is 1. The first-order chi connectivity index (χ1) is 10.3. The Balaban J connectivity index is 1.88. The van der Waals surface area contributed by atoms with Crippen LogP contribution >= 0.6 is 15.9 Å². The highest BCUT2D eigenvalue weighted by atomic mass is 79.9. The van der Waals surface area contributed by atoms with Crippen LogP contribution in [0.25, 0.3) is 11.0 Å². The van der Waals surface area contributed by atoms with Gasteiger partial charge in [0.05, 0.1) is 17.1 Å². The first kappa shape index (κ1) is 14.1. The number of hydrogen-bond donors (Lipinski definition) is 2. The number of hydrogen-bond acceptors (Lipinski definition) is 5. The summed E-state index contributed by atoms with van der Waals surface area (Å²) in [4.78, 5) is 13.0. The summed E-state index contributed by atoms with van der Waals surface area (Å²) in [5, 5.41) is 0. The average molecular weight is 344 g/mol. The van der Waals surface area contributed by atoms with E-state index >= 15 is 0 Å². The molecule has 1 atom stereocenters. The maximum absolute atomic E-state index is 5.70. The minimum Gasteiger partial charge on any atom is -0.271 e. The van der Waals surface area contributed by atoms with Gasteiger partial charge in [0.15, 0.2) is 0 Å². The van der Waals surface area contributed by atoms with E-state index in [1.165, 1.54) is 0 Å². The summed E-state index contributed by atoms with van der Waals surface area (Å²) in [6.07, 6.45) is 5.87. The van der Waals surface area contributed by atoms with E-state index in [1.54, 1.807) is 18.6 Å². The number of halogens is 1. The van der Waals surface area contributed by atoms with Gasteiger partial charge in [-0.2, -0.15) is 0 Å². The van der Waals surface area contributed by atoms with Crippen LogP contribution in [0.1, 0.15) is 17.3 Å².